The van der Waals surface area contributed by atoms with Gasteiger partial charge in [-0.3, -0.25) is 10.1 Å². The molecule has 0 atom stereocenters. The summed E-state index contributed by atoms with van der Waals surface area (Å²) in [5.41, 5.74) is 1.93. The van der Waals surface area contributed by atoms with Crippen LogP contribution in [0.2, 0.25) is 0 Å². The molecule has 3 heteroatoms. The third kappa shape index (κ3) is 2.03. The summed E-state index contributed by atoms with van der Waals surface area (Å²) in [6.45, 7) is 1.98. The van der Waals surface area contributed by atoms with Crippen molar-refractivity contribution < 1.29 is 4.92 Å². The minimum absolute atomic E-state index is 0.205. The maximum absolute atomic E-state index is 10.9. The van der Waals surface area contributed by atoms with Gasteiger partial charge >= 0.3 is 0 Å². The van der Waals surface area contributed by atoms with Crippen LogP contribution in [0.15, 0.2) is 48.2 Å². The molecule has 3 nitrogen and oxygen atoms in total. The summed E-state index contributed by atoms with van der Waals surface area (Å²) >= 11 is 0. The van der Waals surface area contributed by atoms with Gasteiger partial charge in [-0.1, -0.05) is 43.3 Å². The monoisotopic (exact) mass is 214 g/mol. The second-order valence-electron chi connectivity index (χ2n) is 3.84. The predicted molar refractivity (Wildman–Crippen MR) is 63.0 cm³/mol. The highest BCUT2D eigenvalue weighted by atomic mass is 16.6. The first-order valence-electron chi connectivity index (χ1n) is 5.12. The van der Waals surface area contributed by atoms with E-state index in [0.29, 0.717) is 6.42 Å². The number of nitro groups is 1. The molecule has 0 heterocycles. The van der Waals surface area contributed by atoms with Gasteiger partial charge in [0, 0.05) is 11.6 Å². The van der Waals surface area contributed by atoms with E-state index in [1.165, 1.54) is 0 Å². The highest BCUT2D eigenvalue weighted by Crippen LogP contribution is 2.32. The van der Waals surface area contributed by atoms with Gasteiger partial charge < -0.3 is 0 Å². The summed E-state index contributed by atoms with van der Waals surface area (Å²) in [6.07, 6.45) is 4.04. The third-order valence-corrected chi connectivity index (χ3v) is 2.61. The molecule has 1 radical (unpaired) electrons. The lowest BCUT2D eigenvalue weighted by Crippen LogP contribution is -2.07. The van der Waals surface area contributed by atoms with Crippen molar-refractivity contribution in [2.75, 3.05) is 0 Å². The largest absolute Gasteiger partial charge is 0.272 e. The van der Waals surface area contributed by atoms with Crippen LogP contribution in [0.25, 0.3) is 5.57 Å². The van der Waals surface area contributed by atoms with Crippen LogP contribution < -0.4 is 0 Å². The second kappa shape index (κ2) is 4.31. The van der Waals surface area contributed by atoms with E-state index in [1.54, 1.807) is 6.08 Å². The van der Waals surface area contributed by atoms with Crippen LogP contribution in [0.3, 0.4) is 0 Å². The summed E-state index contributed by atoms with van der Waals surface area (Å²) in [6, 6.07) is 9.52. The molecule has 0 saturated carbocycles. The van der Waals surface area contributed by atoms with Crippen molar-refractivity contribution in [2.24, 2.45) is 0 Å². The summed E-state index contributed by atoms with van der Waals surface area (Å²) in [5, 5.41) is 10.9. The molecule has 1 aromatic carbocycles. The minimum atomic E-state index is -0.314. The fraction of sp³-hybridized carbons (Fsp3) is 0.154. The van der Waals surface area contributed by atoms with Gasteiger partial charge in [0.2, 0.25) is 0 Å². The normalized spacial score (nSPS) is 16.6. The Morgan fingerprint density at radius 3 is 2.50 bits per heavy atom. The quantitative estimate of drug-likeness (QED) is 0.560. The molecule has 0 spiro atoms. The molecule has 0 unspecified atom stereocenters. The molecule has 0 amide bonds. The Bertz CT molecular complexity index is 460. The molecular formula is C13H12NO2. The topological polar surface area (TPSA) is 43.1 Å². The van der Waals surface area contributed by atoms with Crippen molar-refractivity contribution in [3.05, 3.63) is 69.8 Å². The summed E-state index contributed by atoms with van der Waals surface area (Å²) < 4.78 is 0. The number of nitrogens with zero attached hydrogens (tertiary/aromatic N) is 1. The van der Waals surface area contributed by atoms with E-state index >= 15 is 0 Å². The standard InChI is InChI=1S/C13H12NO2/c1-10-7-8-13(14(15)16)12(9-10)11-5-3-2-4-6-11/h2-8H,9H2,1H3. The van der Waals surface area contributed by atoms with Crippen LogP contribution in [0.4, 0.5) is 0 Å². The number of rotatable bonds is 2. The van der Waals surface area contributed by atoms with Crippen molar-refractivity contribution >= 4 is 5.57 Å². The Labute approximate surface area is 94.3 Å². The van der Waals surface area contributed by atoms with Gasteiger partial charge in [-0.15, -0.1) is 0 Å². The lowest BCUT2D eigenvalue weighted by Gasteiger charge is -2.14. The van der Waals surface area contributed by atoms with E-state index in [-0.39, 0.29) is 10.6 Å². The Morgan fingerprint density at radius 2 is 1.88 bits per heavy atom. The van der Waals surface area contributed by atoms with Crippen molar-refractivity contribution in [1.82, 2.24) is 0 Å². The second-order valence-corrected chi connectivity index (χ2v) is 3.84. The van der Waals surface area contributed by atoms with Gasteiger partial charge in [0.25, 0.3) is 5.70 Å². The molecule has 81 valence electrons. The third-order valence-electron chi connectivity index (χ3n) is 2.61. The lowest BCUT2D eigenvalue weighted by molar-refractivity contribution is -0.418. The maximum atomic E-state index is 10.9. The van der Waals surface area contributed by atoms with E-state index in [0.717, 1.165) is 17.1 Å². The first kappa shape index (κ1) is 10.6. The van der Waals surface area contributed by atoms with Gasteiger partial charge in [0.05, 0.1) is 4.92 Å². The van der Waals surface area contributed by atoms with Crippen LogP contribution in [0.5, 0.6) is 0 Å². The van der Waals surface area contributed by atoms with Gasteiger partial charge in [-0.25, -0.2) is 0 Å². The maximum Gasteiger partial charge on any atom is 0.272 e. The van der Waals surface area contributed by atoms with E-state index in [9.17, 15) is 10.1 Å². The van der Waals surface area contributed by atoms with Gasteiger partial charge in [0.1, 0.15) is 0 Å². The molecule has 0 fully saturated rings. The molecule has 2 rings (SSSR count). The lowest BCUT2D eigenvalue weighted by atomic mass is 9.89. The summed E-state index contributed by atoms with van der Waals surface area (Å²) in [7, 11) is 0. The van der Waals surface area contributed by atoms with Gasteiger partial charge in [0.15, 0.2) is 0 Å². The Hall–Kier alpha value is -1.90. The van der Waals surface area contributed by atoms with E-state index in [4.69, 9.17) is 0 Å². The van der Waals surface area contributed by atoms with Crippen molar-refractivity contribution in [2.45, 2.75) is 13.3 Å². The molecule has 0 aliphatic heterocycles. The van der Waals surface area contributed by atoms with E-state index < -0.39 is 0 Å². The Kier molecular flexibility index (Phi) is 2.86. The zero-order valence-corrected chi connectivity index (χ0v) is 9.01. The van der Waals surface area contributed by atoms with Crippen molar-refractivity contribution in [1.29, 1.82) is 0 Å². The zero-order chi connectivity index (χ0) is 11.5. The molecule has 0 saturated heterocycles. The van der Waals surface area contributed by atoms with E-state index in [1.807, 2.05) is 43.3 Å². The SMILES string of the molecule is C[C]1C=CC([N+](=O)[O-])=C(c2ccccc2)C1. The van der Waals surface area contributed by atoms with Crippen LogP contribution in [-0.4, -0.2) is 4.92 Å². The van der Waals surface area contributed by atoms with Crippen LogP contribution in [0, 0.1) is 16.0 Å². The fourth-order valence-electron chi connectivity index (χ4n) is 1.81. The summed E-state index contributed by atoms with van der Waals surface area (Å²) in [5.74, 6) is 1.14. The smallest absolute Gasteiger partial charge is 0.258 e. The van der Waals surface area contributed by atoms with Gasteiger partial charge in [-0.05, 0) is 17.9 Å². The Morgan fingerprint density at radius 1 is 1.19 bits per heavy atom. The number of hydrogen-bond donors (Lipinski definition) is 0. The van der Waals surface area contributed by atoms with Crippen LogP contribution in [-0.2, 0) is 0 Å². The molecule has 16 heavy (non-hydrogen) atoms. The fourth-order valence-corrected chi connectivity index (χ4v) is 1.81. The average Bonchev–Trinajstić information content (AvgIpc) is 2.29. The number of allylic oxidation sites excluding steroid dienone is 3. The predicted octanol–water partition coefficient (Wildman–Crippen LogP) is 3.23. The molecule has 1 aliphatic carbocycles. The highest BCUT2D eigenvalue weighted by molar-refractivity contribution is 5.72. The molecular weight excluding hydrogens is 202 g/mol. The van der Waals surface area contributed by atoms with Crippen LogP contribution >= 0.6 is 0 Å². The molecule has 0 bridgehead atoms. The van der Waals surface area contributed by atoms with Crippen molar-refractivity contribution in [3.63, 3.8) is 0 Å². The highest BCUT2D eigenvalue weighted by Gasteiger charge is 2.22. The number of hydrogen-bond acceptors (Lipinski definition) is 2. The summed E-state index contributed by atoms with van der Waals surface area (Å²) in [4.78, 5) is 10.6. The molecule has 1 aliphatic rings. The molecule has 0 aromatic heterocycles. The molecule has 0 N–H and O–H groups in total. The Balaban J connectivity index is 2.49. The average molecular weight is 214 g/mol. The van der Waals surface area contributed by atoms with Crippen LogP contribution in [0.1, 0.15) is 18.9 Å². The first-order chi connectivity index (χ1) is 7.68. The van der Waals surface area contributed by atoms with Gasteiger partial charge in [-0.2, -0.15) is 0 Å². The molecule has 1 aromatic rings. The van der Waals surface area contributed by atoms with E-state index in [2.05, 4.69) is 0 Å². The zero-order valence-electron chi connectivity index (χ0n) is 9.01. The number of benzene rings is 1. The van der Waals surface area contributed by atoms with Crippen molar-refractivity contribution in [3.8, 4) is 0 Å². The minimum Gasteiger partial charge on any atom is -0.258 e. The first-order valence-corrected chi connectivity index (χ1v) is 5.12.